The number of nitrogens with two attached hydrogens (primary N) is 1. The molecule has 2 rings (SSSR count). The van der Waals surface area contributed by atoms with E-state index in [0.29, 0.717) is 24.3 Å². The summed E-state index contributed by atoms with van der Waals surface area (Å²) >= 11 is 0. The van der Waals surface area contributed by atoms with Crippen LogP contribution in [0.15, 0.2) is 18.2 Å². The molecule has 18 heavy (non-hydrogen) atoms. The van der Waals surface area contributed by atoms with Crippen LogP contribution in [0.4, 0.5) is 4.39 Å². The fourth-order valence-corrected chi connectivity index (χ4v) is 2.12. The topological polar surface area (TPSA) is 62.3 Å². The highest BCUT2D eigenvalue weighted by atomic mass is 19.1. The van der Waals surface area contributed by atoms with Crippen molar-refractivity contribution in [1.82, 2.24) is 4.90 Å². The maximum Gasteiger partial charge on any atom is 0.128 e. The number of benzene rings is 1. The quantitative estimate of drug-likeness (QED) is 0.629. The normalized spacial score (nSPS) is 20.9. The maximum atomic E-state index is 13.9. The molecule has 0 bridgehead atoms. The molecule has 1 aromatic carbocycles. The molecule has 0 radical (unpaired) electrons. The number of halogens is 1. The first-order chi connectivity index (χ1) is 8.56. The van der Waals surface area contributed by atoms with Crippen LogP contribution < -0.4 is 5.73 Å². The molecule has 1 aromatic rings. The predicted molar refractivity (Wildman–Crippen MR) is 68.1 cm³/mol. The van der Waals surface area contributed by atoms with Crippen LogP contribution >= 0.6 is 0 Å². The van der Waals surface area contributed by atoms with Gasteiger partial charge in [-0.2, -0.15) is 0 Å². The number of nitrogen functional groups attached to an aromatic ring is 1. The van der Waals surface area contributed by atoms with E-state index < -0.39 is 0 Å². The maximum absolute atomic E-state index is 13.9. The first kappa shape index (κ1) is 13.0. The molecule has 0 spiro atoms. The molecule has 0 aliphatic carbocycles. The van der Waals surface area contributed by atoms with E-state index in [0.717, 1.165) is 13.1 Å². The molecule has 1 aliphatic heterocycles. The van der Waals surface area contributed by atoms with Crippen molar-refractivity contribution >= 4 is 5.84 Å². The molecule has 4 nitrogen and oxygen atoms in total. The average Bonchev–Trinajstić information content (AvgIpc) is 2.31. The summed E-state index contributed by atoms with van der Waals surface area (Å²) in [5.41, 5.74) is 6.38. The Kier molecular flexibility index (Phi) is 3.93. The molecule has 1 aliphatic rings. The summed E-state index contributed by atoms with van der Waals surface area (Å²) in [6.07, 6.45) is 0.193. The van der Waals surface area contributed by atoms with Crippen molar-refractivity contribution in [3.05, 3.63) is 35.1 Å². The number of rotatable bonds is 3. The number of ether oxygens (including phenoxy) is 1. The third-order valence-electron chi connectivity index (χ3n) is 3.08. The van der Waals surface area contributed by atoms with Crippen molar-refractivity contribution in [2.75, 3.05) is 19.7 Å². The molecule has 0 saturated carbocycles. The van der Waals surface area contributed by atoms with Crippen molar-refractivity contribution in [3.63, 3.8) is 0 Å². The van der Waals surface area contributed by atoms with Gasteiger partial charge >= 0.3 is 0 Å². The second-order valence-electron chi connectivity index (χ2n) is 4.64. The van der Waals surface area contributed by atoms with Crippen molar-refractivity contribution in [2.24, 2.45) is 5.73 Å². The summed E-state index contributed by atoms with van der Waals surface area (Å²) in [5.74, 6) is -0.415. The first-order valence-electron chi connectivity index (χ1n) is 6.03. The number of nitrogens with one attached hydrogen (secondary N) is 1. The molecule has 0 aromatic heterocycles. The van der Waals surface area contributed by atoms with E-state index in [9.17, 15) is 4.39 Å². The molecule has 1 fully saturated rings. The summed E-state index contributed by atoms with van der Waals surface area (Å²) in [5, 5.41) is 7.27. The van der Waals surface area contributed by atoms with E-state index in [1.54, 1.807) is 12.1 Å². The highest BCUT2D eigenvalue weighted by Gasteiger charge is 2.18. The van der Waals surface area contributed by atoms with Gasteiger partial charge in [0.2, 0.25) is 0 Å². The Bertz CT molecular complexity index is 450. The molecular weight excluding hydrogens is 233 g/mol. The molecular formula is C13H18FN3O. The van der Waals surface area contributed by atoms with Gasteiger partial charge in [-0.1, -0.05) is 12.1 Å². The average molecular weight is 251 g/mol. The van der Waals surface area contributed by atoms with Gasteiger partial charge in [-0.25, -0.2) is 4.39 Å². The van der Waals surface area contributed by atoms with E-state index in [1.165, 1.54) is 6.07 Å². The Balaban J connectivity index is 2.07. The minimum Gasteiger partial charge on any atom is -0.384 e. The molecule has 1 unspecified atom stereocenters. The molecule has 1 heterocycles. The van der Waals surface area contributed by atoms with Crippen LogP contribution in [0.25, 0.3) is 0 Å². The molecule has 3 N–H and O–H groups in total. The molecule has 1 atom stereocenters. The number of hydrogen-bond donors (Lipinski definition) is 2. The minimum atomic E-state index is -0.304. The third-order valence-corrected chi connectivity index (χ3v) is 3.08. The molecule has 5 heteroatoms. The van der Waals surface area contributed by atoms with Gasteiger partial charge in [0, 0.05) is 30.8 Å². The standard InChI is InChI=1S/C13H18FN3O/c1-9-7-17(4-5-18-9)8-11-3-2-10(13(15)16)6-12(11)14/h2-3,6,9H,4-5,7-8H2,1H3,(H3,15,16). The number of nitrogens with zero attached hydrogens (tertiary/aromatic N) is 1. The zero-order valence-corrected chi connectivity index (χ0v) is 10.4. The summed E-state index contributed by atoms with van der Waals surface area (Å²) in [4.78, 5) is 2.17. The van der Waals surface area contributed by atoms with Gasteiger partial charge in [-0.15, -0.1) is 0 Å². The lowest BCUT2D eigenvalue weighted by Gasteiger charge is -2.31. The monoisotopic (exact) mass is 251 g/mol. The second-order valence-corrected chi connectivity index (χ2v) is 4.64. The van der Waals surface area contributed by atoms with Gasteiger partial charge in [0.25, 0.3) is 0 Å². The summed E-state index contributed by atoms with van der Waals surface area (Å²) in [6.45, 7) is 4.90. The number of hydrogen-bond acceptors (Lipinski definition) is 3. The van der Waals surface area contributed by atoms with Gasteiger partial charge in [0.15, 0.2) is 0 Å². The highest BCUT2D eigenvalue weighted by molar-refractivity contribution is 5.94. The van der Waals surface area contributed by atoms with E-state index in [-0.39, 0.29) is 17.8 Å². The van der Waals surface area contributed by atoms with Crippen molar-refractivity contribution < 1.29 is 9.13 Å². The van der Waals surface area contributed by atoms with Crippen molar-refractivity contribution in [3.8, 4) is 0 Å². The van der Waals surface area contributed by atoms with Gasteiger partial charge in [-0.05, 0) is 13.0 Å². The predicted octanol–water partition coefficient (Wildman–Crippen LogP) is 1.33. The Morgan fingerprint density at radius 3 is 3.00 bits per heavy atom. The van der Waals surface area contributed by atoms with Gasteiger partial charge < -0.3 is 10.5 Å². The van der Waals surface area contributed by atoms with Gasteiger partial charge in [0.05, 0.1) is 12.7 Å². The van der Waals surface area contributed by atoms with E-state index in [2.05, 4.69) is 4.90 Å². The SMILES string of the molecule is CC1CN(Cc2ccc(C(=N)N)cc2F)CCO1. The minimum absolute atomic E-state index is 0.111. The first-order valence-corrected chi connectivity index (χ1v) is 6.03. The molecule has 98 valence electrons. The van der Waals surface area contributed by atoms with Crippen LogP contribution in [-0.4, -0.2) is 36.5 Å². The zero-order valence-electron chi connectivity index (χ0n) is 10.4. The lowest BCUT2D eigenvalue weighted by molar-refractivity contribution is -0.0215. The fourth-order valence-electron chi connectivity index (χ4n) is 2.12. The van der Waals surface area contributed by atoms with E-state index in [4.69, 9.17) is 15.9 Å². The van der Waals surface area contributed by atoms with E-state index >= 15 is 0 Å². The Morgan fingerprint density at radius 1 is 1.61 bits per heavy atom. The number of morpholine rings is 1. The van der Waals surface area contributed by atoms with Crippen molar-refractivity contribution in [1.29, 1.82) is 5.41 Å². The van der Waals surface area contributed by atoms with Crippen LogP contribution in [0, 0.1) is 11.2 Å². The van der Waals surface area contributed by atoms with Crippen LogP contribution in [0.3, 0.4) is 0 Å². The summed E-state index contributed by atoms with van der Waals surface area (Å²) < 4.78 is 19.3. The van der Waals surface area contributed by atoms with Gasteiger partial charge in [-0.3, -0.25) is 10.3 Å². The zero-order chi connectivity index (χ0) is 13.1. The number of amidine groups is 1. The second kappa shape index (κ2) is 5.46. The molecule has 1 saturated heterocycles. The van der Waals surface area contributed by atoms with Crippen LogP contribution in [0.5, 0.6) is 0 Å². The Hall–Kier alpha value is -1.46. The summed E-state index contributed by atoms with van der Waals surface area (Å²) in [6, 6.07) is 4.71. The lowest BCUT2D eigenvalue weighted by atomic mass is 10.1. The smallest absolute Gasteiger partial charge is 0.128 e. The molecule has 0 amide bonds. The third kappa shape index (κ3) is 3.05. The van der Waals surface area contributed by atoms with Crippen LogP contribution in [0.2, 0.25) is 0 Å². The Morgan fingerprint density at radius 2 is 2.39 bits per heavy atom. The largest absolute Gasteiger partial charge is 0.384 e. The lowest BCUT2D eigenvalue weighted by Crippen LogP contribution is -2.40. The van der Waals surface area contributed by atoms with Gasteiger partial charge in [0.1, 0.15) is 11.7 Å². The van der Waals surface area contributed by atoms with Crippen LogP contribution in [0.1, 0.15) is 18.1 Å². The Labute approximate surface area is 106 Å². The van der Waals surface area contributed by atoms with Crippen molar-refractivity contribution in [2.45, 2.75) is 19.6 Å². The summed E-state index contributed by atoms with van der Waals surface area (Å²) in [7, 11) is 0. The fraction of sp³-hybridized carbons (Fsp3) is 0.462. The van der Waals surface area contributed by atoms with Crippen LogP contribution in [-0.2, 0) is 11.3 Å². The highest BCUT2D eigenvalue weighted by Crippen LogP contribution is 2.15. The van der Waals surface area contributed by atoms with E-state index in [1.807, 2.05) is 6.92 Å².